The number of esters is 1. The van der Waals surface area contributed by atoms with Crippen LogP contribution >= 0.6 is 0 Å². The largest absolute Gasteiger partial charge is 0.462 e. The number of nitrogens with zero attached hydrogens (tertiary/aromatic N) is 1. The zero-order valence-electron chi connectivity index (χ0n) is 10.0. The van der Waals surface area contributed by atoms with Gasteiger partial charge in [-0.2, -0.15) is 0 Å². The highest BCUT2D eigenvalue weighted by molar-refractivity contribution is 5.71. The van der Waals surface area contributed by atoms with Crippen LogP contribution in [-0.2, 0) is 9.53 Å². The smallest absolute Gasteiger partial charge is 0.320 e. The summed E-state index contributed by atoms with van der Waals surface area (Å²) in [4.78, 5) is 13.3. The van der Waals surface area contributed by atoms with E-state index >= 15 is 0 Å². The Hall–Kier alpha value is -0.570. The Kier molecular flexibility index (Phi) is 6.54. The number of carbonyl (C=O) groups excluding carboxylic acids is 1. The molecule has 84 valence electrons. The lowest BCUT2D eigenvalue weighted by atomic mass is 10.2. The molecule has 0 rings (SSSR count). The molecule has 0 aliphatic heterocycles. The van der Waals surface area contributed by atoms with Crippen LogP contribution in [0.2, 0.25) is 0 Å². The van der Waals surface area contributed by atoms with Gasteiger partial charge in [0, 0.05) is 6.04 Å². The first-order chi connectivity index (χ1) is 6.47. The van der Waals surface area contributed by atoms with Crippen LogP contribution in [0.5, 0.6) is 0 Å². The fourth-order valence-corrected chi connectivity index (χ4v) is 1.30. The molecule has 14 heavy (non-hydrogen) atoms. The zero-order valence-corrected chi connectivity index (χ0v) is 10.0. The fourth-order valence-electron chi connectivity index (χ4n) is 1.30. The van der Waals surface area contributed by atoms with E-state index in [-0.39, 0.29) is 12.1 Å². The van der Waals surface area contributed by atoms with Crippen molar-refractivity contribution in [1.29, 1.82) is 0 Å². The molecule has 0 aliphatic rings. The molecule has 0 spiro atoms. The highest BCUT2D eigenvalue weighted by Gasteiger charge is 2.13. The highest BCUT2D eigenvalue weighted by atomic mass is 16.5. The number of rotatable bonds is 6. The van der Waals surface area contributed by atoms with E-state index in [4.69, 9.17) is 4.74 Å². The lowest BCUT2D eigenvalue weighted by Crippen LogP contribution is -2.35. The minimum Gasteiger partial charge on any atom is -0.462 e. The molecule has 3 heteroatoms. The van der Waals surface area contributed by atoms with Crippen molar-refractivity contribution in [3.63, 3.8) is 0 Å². The second-order valence-corrected chi connectivity index (χ2v) is 4.09. The summed E-state index contributed by atoms with van der Waals surface area (Å²) in [6.07, 6.45) is 2.24. The first-order valence-electron chi connectivity index (χ1n) is 5.37. The van der Waals surface area contributed by atoms with E-state index in [1.165, 1.54) is 0 Å². The van der Waals surface area contributed by atoms with Crippen molar-refractivity contribution in [2.45, 2.75) is 52.7 Å². The molecular weight excluding hydrogens is 178 g/mol. The second-order valence-electron chi connectivity index (χ2n) is 4.09. The summed E-state index contributed by atoms with van der Waals surface area (Å²) >= 11 is 0. The molecule has 0 saturated carbocycles. The Balaban J connectivity index is 3.80. The van der Waals surface area contributed by atoms with Crippen molar-refractivity contribution in [3.8, 4) is 0 Å². The predicted molar refractivity (Wildman–Crippen MR) is 58.2 cm³/mol. The van der Waals surface area contributed by atoms with Gasteiger partial charge in [-0.25, -0.2) is 0 Å². The van der Waals surface area contributed by atoms with Gasteiger partial charge in [0.15, 0.2) is 0 Å². The van der Waals surface area contributed by atoms with Gasteiger partial charge in [-0.05, 0) is 34.2 Å². The van der Waals surface area contributed by atoms with E-state index in [1.54, 1.807) is 0 Å². The lowest BCUT2D eigenvalue weighted by molar-refractivity contribution is -0.148. The highest BCUT2D eigenvalue weighted by Crippen LogP contribution is 2.04. The normalized spacial score (nSPS) is 13.4. The van der Waals surface area contributed by atoms with E-state index in [1.807, 2.05) is 25.8 Å². The van der Waals surface area contributed by atoms with Crippen LogP contribution in [0.3, 0.4) is 0 Å². The Morgan fingerprint density at radius 3 is 2.36 bits per heavy atom. The Bertz CT molecular complexity index is 169. The summed E-state index contributed by atoms with van der Waals surface area (Å²) in [5, 5.41) is 0. The summed E-state index contributed by atoms with van der Waals surface area (Å²) in [6.45, 7) is 8.41. The first kappa shape index (κ1) is 13.4. The van der Waals surface area contributed by atoms with Crippen molar-refractivity contribution in [3.05, 3.63) is 0 Å². The molecule has 0 aromatic carbocycles. The topological polar surface area (TPSA) is 29.5 Å². The molecule has 1 unspecified atom stereocenters. The molecule has 0 heterocycles. The molecule has 3 nitrogen and oxygen atoms in total. The Morgan fingerprint density at radius 2 is 1.93 bits per heavy atom. The molecular formula is C11H23NO2. The molecule has 0 aromatic heterocycles. The van der Waals surface area contributed by atoms with Gasteiger partial charge in [0.2, 0.25) is 0 Å². The lowest BCUT2D eigenvalue weighted by Gasteiger charge is -2.23. The average molecular weight is 201 g/mol. The van der Waals surface area contributed by atoms with Crippen molar-refractivity contribution in [2.24, 2.45) is 0 Å². The molecule has 0 saturated heterocycles. The Morgan fingerprint density at radius 1 is 1.36 bits per heavy atom. The van der Waals surface area contributed by atoms with Crippen LogP contribution in [0, 0.1) is 0 Å². The van der Waals surface area contributed by atoms with E-state index < -0.39 is 0 Å². The molecule has 0 fully saturated rings. The third-order valence-electron chi connectivity index (χ3n) is 2.20. The molecule has 0 aromatic rings. The molecule has 0 radical (unpaired) electrons. The van der Waals surface area contributed by atoms with Crippen LogP contribution in [-0.4, -0.2) is 36.6 Å². The van der Waals surface area contributed by atoms with Crippen LogP contribution in [0.4, 0.5) is 0 Å². The van der Waals surface area contributed by atoms with Gasteiger partial charge < -0.3 is 4.74 Å². The second kappa shape index (κ2) is 6.82. The maximum atomic E-state index is 11.3. The monoisotopic (exact) mass is 201 g/mol. The maximum Gasteiger partial charge on any atom is 0.320 e. The molecule has 0 amide bonds. The van der Waals surface area contributed by atoms with E-state index in [0.29, 0.717) is 12.6 Å². The summed E-state index contributed by atoms with van der Waals surface area (Å²) in [6, 6.07) is 0.444. The zero-order chi connectivity index (χ0) is 11.1. The summed E-state index contributed by atoms with van der Waals surface area (Å²) in [7, 11) is 1.96. The van der Waals surface area contributed by atoms with Crippen LogP contribution in [0.1, 0.15) is 40.5 Å². The predicted octanol–water partition coefficient (Wildman–Crippen LogP) is 2.06. The van der Waals surface area contributed by atoms with Crippen molar-refractivity contribution >= 4 is 5.97 Å². The number of ether oxygens (including phenoxy) is 1. The van der Waals surface area contributed by atoms with Crippen LogP contribution in [0.25, 0.3) is 0 Å². The number of hydrogen-bond donors (Lipinski definition) is 0. The van der Waals surface area contributed by atoms with Crippen molar-refractivity contribution in [1.82, 2.24) is 4.90 Å². The standard InChI is InChI=1S/C11H23NO2/c1-6-7-10(4)12(5)8-11(13)14-9(2)3/h9-10H,6-8H2,1-5H3. The van der Waals surface area contributed by atoms with Crippen LogP contribution < -0.4 is 0 Å². The van der Waals surface area contributed by atoms with Gasteiger partial charge in [0.05, 0.1) is 12.6 Å². The average Bonchev–Trinajstić information content (AvgIpc) is 2.02. The fraction of sp³-hybridized carbons (Fsp3) is 0.909. The van der Waals surface area contributed by atoms with Gasteiger partial charge >= 0.3 is 5.97 Å². The third kappa shape index (κ3) is 5.97. The van der Waals surface area contributed by atoms with Crippen LogP contribution in [0.15, 0.2) is 0 Å². The number of carbonyl (C=O) groups is 1. The van der Waals surface area contributed by atoms with Gasteiger partial charge in [-0.1, -0.05) is 13.3 Å². The van der Waals surface area contributed by atoms with Gasteiger partial charge in [0.25, 0.3) is 0 Å². The number of likely N-dealkylation sites (N-methyl/N-ethyl adjacent to an activating group) is 1. The Labute approximate surface area is 87.4 Å². The molecule has 0 bridgehead atoms. The molecule has 0 aliphatic carbocycles. The van der Waals surface area contributed by atoms with Gasteiger partial charge in [0.1, 0.15) is 0 Å². The summed E-state index contributed by atoms with van der Waals surface area (Å²) < 4.78 is 5.07. The minimum absolute atomic E-state index is 0.0163. The maximum absolute atomic E-state index is 11.3. The quantitative estimate of drug-likeness (QED) is 0.616. The van der Waals surface area contributed by atoms with Gasteiger partial charge in [-0.3, -0.25) is 9.69 Å². The number of hydrogen-bond acceptors (Lipinski definition) is 3. The molecule has 0 N–H and O–H groups in total. The molecule has 1 atom stereocenters. The first-order valence-corrected chi connectivity index (χ1v) is 5.37. The van der Waals surface area contributed by atoms with Crippen molar-refractivity contribution in [2.75, 3.05) is 13.6 Å². The summed E-state index contributed by atoms with van der Waals surface area (Å²) in [5.41, 5.74) is 0. The van der Waals surface area contributed by atoms with E-state index in [0.717, 1.165) is 12.8 Å². The SMILES string of the molecule is CCCC(C)N(C)CC(=O)OC(C)C. The van der Waals surface area contributed by atoms with E-state index in [9.17, 15) is 4.79 Å². The van der Waals surface area contributed by atoms with E-state index in [2.05, 4.69) is 13.8 Å². The van der Waals surface area contributed by atoms with Crippen molar-refractivity contribution < 1.29 is 9.53 Å². The van der Waals surface area contributed by atoms with Gasteiger partial charge in [-0.15, -0.1) is 0 Å². The minimum atomic E-state index is -0.134. The summed E-state index contributed by atoms with van der Waals surface area (Å²) in [5.74, 6) is -0.134. The third-order valence-corrected chi connectivity index (χ3v) is 2.20.